The van der Waals surface area contributed by atoms with Gasteiger partial charge in [-0.05, 0) is 293 Å². The largest absolute Gasteiger partial charge is 0.508 e. The van der Waals surface area contributed by atoms with Gasteiger partial charge in [0.1, 0.15) is 103 Å². The van der Waals surface area contributed by atoms with Crippen molar-refractivity contribution in [2.75, 3.05) is 0 Å². The number of hydrogen-bond donors (Lipinski definition) is 18. The van der Waals surface area contributed by atoms with Crippen molar-refractivity contribution in [3.05, 3.63) is 439 Å². The van der Waals surface area contributed by atoms with Gasteiger partial charge >= 0.3 is 0 Å². The Hall–Kier alpha value is -16.6. The van der Waals surface area contributed by atoms with E-state index < -0.39 is 0 Å². The minimum absolute atomic E-state index is 0.112. The molecule has 18 N–H and O–H groups in total. The van der Waals surface area contributed by atoms with Crippen molar-refractivity contribution in [1.29, 1.82) is 0 Å². The van der Waals surface area contributed by atoms with E-state index >= 15 is 0 Å². The summed E-state index contributed by atoms with van der Waals surface area (Å²) in [5.41, 5.74) is 16.8. The molecule has 0 unspecified atom stereocenters. The van der Waals surface area contributed by atoms with Gasteiger partial charge in [0.2, 0.25) is 0 Å². The van der Waals surface area contributed by atoms with Crippen LogP contribution in [-0.4, -0.2) is 91.9 Å². The van der Waals surface area contributed by atoms with Crippen molar-refractivity contribution in [1.82, 2.24) is 0 Å². The average molecular weight is 1700 g/mol. The smallest absolute Gasteiger partial charge is 0.127 e. The summed E-state index contributed by atoms with van der Waals surface area (Å²) in [5, 5.41) is 189. The Morgan fingerprint density at radius 1 is 0.141 bits per heavy atom. The van der Waals surface area contributed by atoms with Crippen molar-refractivity contribution in [3.63, 3.8) is 0 Å². The van der Waals surface area contributed by atoms with E-state index in [0.717, 1.165) is 105 Å². The maximum absolute atomic E-state index is 11.8. The van der Waals surface area contributed by atoms with Gasteiger partial charge in [0.15, 0.2) is 0 Å². The van der Waals surface area contributed by atoms with Crippen molar-refractivity contribution in [2.45, 2.75) is 64.2 Å². The second kappa shape index (κ2) is 38.4. The van der Waals surface area contributed by atoms with Gasteiger partial charge in [-0.2, -0.15) is 0 Å². The van der Waals surface area contributed by atoms with Crippen LogP contribution in [0, 0.1) is 0 Å². The fraction of sp³-hybridized carbons (Fsp3) is 0.0909. The molecule has 0 heterocycles. The van der Waals surface area contributed by atoms with Crippen LogP contribution in [-0.2, 0) is 64.2 Å². The third-order valence-corrected chi connectivity index (χ3v) is 22.9. The van der Waals surface area contributed by atoms with Gasteiger partial charge in [0, 0.05) is 89.6 Å². The summed E-state index contributed by atoms with van der Waals surface area (Å²) in [5.74, 6) is 2.91. The van der Waals surface area contributed by atoms with Crippen LogP contribution in [0.3, 0.4) is 0 Å². The van der Waals surface area contributed by atoms with E-state index in [1.165, 1.54) is 0 Å². The lowest BCUT2D eigenvalue weighted by molar-refractivity contribution is 0.463. The van der Waals surface area contributed by atoms with Gasteiger partial charge in [-0.25, -0.2) is 0 Å². The Kier molecular flexibility index (Phi) is 25.9. The van der Waals surface area contributed by atoms with Crippen LogP contribution in [0.1, 0.15) is 111 Å². The summed E-state index contributed by atoms with van der Waals surface area (Å²) in [4.78, 5) is 0. The van der Waals surface area contributed by atoms with Crippen LogP contribution in [0.4, 0.5) is 0 Å². The van der Waals surface area contributed by atoms with Gasteiger partial charge in [0.25, 0.3) is 0 Å². The minimum Gasteiger partial charge on any atom is -0.508 e. The molecule has 0 saturated heterocycles. The van der Waals surface area contributed by atoms with Gasteiger partial charge in [0.05, 0.1) is 0 Å². The highest BCUT2D eigenvalue weighted by Crippen LogP contribution is 2.46. The zero-order valence-electron chi connectivity index (χ0n) is 69.3. The molecule has 0 atom stereocenters. The molecular weight excluding hydrogens is 1610 g/mol. The lowest BCUT2D eigenvalue weighted by Crippen LogP contribution is -2.02. The van der Waals surface area contributed by atoms with E-state index in [2.05, 4.69) is 0 Å². The Labute approximate surface area is 737 Å². The Morgan fingerprint density at radius 3 is 0.781 bits per heavy atom. The van der Waals surface area contributed by atoms with Crippen LogP contribution in [0.15, 0.2) is 328 Å². The SMILES string of the molecule is Oc1ccc(Cc2c(O)ccc3cccc(O)c23)cc1.Oc1ccc(Cc2cc(Cc3ccc(O)cc3)c3c(Cc4ccc(O)cc4)c(O)ccc3c2O)cc1.Oc1ccc(Cc2cc3c(O)c(Cc4ccc(O)cc4)cc(Cc4ccc(O)cc4)c3c(Cc3ccc(O)cc3)c2O)cc1.Oc1ccc(Cc2cc3ccc(Cc4ccc(O)cc4)c(O)c3cc2O)cc1. The highest BCUT2D eigenvalue weighted by molar-refractivity contribution is 5.99. The third kappa shape index (κ3) is 20.8. The predicted molar refractivity (Wildman–Crippen MR) is 498 cm³/mol. The zero-order valence-corrected chi connectivity index (χ0v) is 69.3. The fourth-order valence-corrected chi connectivity index (χ4v) is 16.2. The molecular formula is C110H92O18. The quantitative estimate of drug-likeness (QED) is 0.0337. The normalized spacial score (nSPS) is 11.1. The van der Waals surface area contributed by atoms with E-state index in [1.807, 2.05) is 140 Å². The number of phenols is 18. The fourth-order valence-electron chi connectivity index (χ4n) is 16.2. The predicted octanol–water partition coefficient (Wildman–Crippen LogP) is 22.0. The monoisotopic (exact) mass is 1700 g/mol. The molecule has 18 heteroatoms. The second-order valence-corrected chi connectivity index (χ2v) is 32.0. The van der Waals surface area contributed by atoms with E-state index in [-0.39, 0.29) is 103 Å². The standard InChI is InChI=1S/C38H32O6.C31H26O5.C24H20O4.C17H14O3/c39-30-9-1-23(2-10-30)17-27-21-28(18-24-3-11-31(40)12-4-24)37(43)35-22-29(19-25-5-13-32(41)14-6-25)38(44)34(36(27)35)20-26-7-15-33(42)16-8-26;32-24-7-1-19(2-8-24)15-22-18-23(16-20-3-9-25(33)10-4-20)31(36)27-13-14-29(35)28(30(22)27)17-21-5-11-26(34)12-6-21;25-20-7-1-15(2-8-20)11-18-6-5-17-13-19(23(27)14-22(17)24(18)28)12-16-3-9-21(26)10-4-16;18-13-7-4-11(5-8-13)10-14-15(19)9-6-12-2-1-3-16(20)17(12)14/h1-16,21-22,39-44H,17-20H2;1-14,18,32-36H,15-17H2;1-10,13-14,25-28H,11-12H2;1-9,18-20H,10H2. The molecule has 0 aliphatic carbocycles. The van der Waals surface area contributed by atoms with Gasteiger partial charge in [-0.1, -0.05) is 164 Å². The average Bonchev–Trinajstić information content (AvgIpc) is 0.752. The van der Waals surface area contributed by atoms with Crippen molar-refractivity contribution >= 4 is 43.1 Å². The molecule has 0 spiro atoms. The molecule has 0 radical (unpaired) electrons. The summed E-state index contributed by atoms with van der Waals surface area (Å²) in [6.45, 7) is 0. The molecule has 0 amide bonds. The molecule has 0 saturated carbocycles. The maximum Gasteiger partial charge on any atom is 0.127 e. The van der Waals surface area contributed by atoms with Crippen molar-refractivity contribution in [2.24, 2.45) is 0 Å². The molecule has 18 rings (SSSR count). The molecule has 0 aliphatic rings. The molecule has 18 aromatic carbocycles. The van der Waals surface area contributed by atoms with Crippen LogP contribution in [0.2, 0.25) is 0 Å². The van der Waals surface area contributed by atoms with E-state index in [4.69, 9.17) is 0 Å². The Balaban J connectivity index is 0.000000136. The lowest BCUT2D eigenvalue weighted by Gasteiger charge is -2.20. The first-order valence-corrected chi connectivity index (χ1v) is 41.4. The number of hydrogen-bond acceptors (Lipinski definition) is 18. The maximum atomic E-state index is 11.8. The summed E-state index contributed by atoms with van der Waals surface area (Å²) >= 11 is 0. The Morgan fingerprint density at radius 2 is 0.414 bits per heavy atom. The molecule has 18 nitrogen and oxygen atoms in total. The molecule has 128 heavy (non-hydrogen) atoms. The first-order valence-electron chi connectivity index (χ1n) is 41.4. The summed E-state index contributed by atoms with van der Waals surface area (Å²) in [7, 11) is 0. The van der Waals surface area contributed by atoms with Gasteiger partial charge in [-0.3, -0.25) is 0 Å². The number of aromatic hydroxyl groups is 18. The second-order valence-electron chi connectivity index (χ2n) is 32.0. The van der Waals surface area contributed by atoms with E-state index in [0.29, 0.717) is 114 Å². The molecule has 0 fully saturated rings. The summed E-state index contributed by atoms with van der Waals surface area (Å²) in [6.07, 6.45) is 4.60. The van der Waals surface area contributed by atoms with Gasteiger partial charge < -0.3 is 91.9 Å². The summed E-state index contributed by atoms with van der Waals surface area (Å²) < 4.78 is 0. The van der Waals surface area contributed by atoms with Crippen molar-refractivity contribution in [3.8, 4) is 103 Å². The first-order chi connectivity index (χ1) is 61.7. The third-order valence-electron chi connectivity index (χ3n) is 22.9. The van der Waals surface area contributed by atoms with Gasteiger partial charge in [-0.15, -0.1) is 0 Å². The van der Waals surface area contributed by atoms with E-state index in [1.54, 1.807) is 188 Å². The number of rotatable bonds is 20. The zero-order chi connectivity index (χ0) is 89.8. The molecule has 0 aromatic heterocycles. The number of phenolic OH excluding ortho intramolecular Hbond substituents is 18. The van der Waals surface area contributed by atoms with Crippen molar-refractivity contribution < 1.29 is 91.9 Å². The number of benzene rings is 18. The van der Waals surface area contributed by atoms with Crippen LogP contribution in [0.25, 0.3) is 43.1 Å². The molecule has 0 bridgehead atoms. The van der Waals surface area contributed by atoms with Crippen LogP contribution < -0.4 is 0 Å². The lowest BCUT2D eigenvalue weighted by atomic mass is 9.85. The molecule has 640 valence electrons. The minimum atomic E-state index is 0.112. The topological polar surface area (TPSA) is 364 Å². The first kappa shape index (κ1) is 86.3. The molecule has 18 aromatic rings. The number of fused-ring (bicyclic) bond motifs is 4. The highest BCUT2D eigenvalue weighted by atomic mass is 16.3. The van der Waals surface area contributed by atoms with E-state index in [9.17, 15) is 91.9 Å². The summed E-state index contributed by atoms with van der Waals surface area (Å²) in [6, 6.07) is 93.9. The highest BCUT2D eigenvalue weighted by Gasteiger charge is 2.25. The molecule has 0 aliphatic heterocycles. The van der Waals surface area contributed by atoms with Crippen LogP contribution >= 0.6 is 0 Å². The Bertz CT molecular complexity index is 6940. The van der Waals surface area contributed by atoms with Crippen LogP contribution in [0.5, 0.6) is 103 Å².